The van der Waals surface area contributed by atoms with Crippen LogP contribution in [0.1, 0.15) is 32.1 Å². The molecule has 19 heavy (non-hydrogen) atoms. The second-order valence-electron chi connectivity index (χ2n) is 5.45. The first kappa shape index (κ1) is 14.7. The van der Waals surface area contributed by atoms with Crippen LogP contribution in [0.5, 0.6) is 0 Å². The zero-order valence-electron chi connectivity index (χ0n) is 11.2. The molecule has 2 fully saturated rings. The first-order chi connectivity index (χ1) is 9.05. The van der Waals surface area contributed by atoms with Crippen LogP contribution in [0, 0.1) is 5.92 Å². The van der Waals surface area contributed by atoms with Crippen LogP contribution in [0.15, 0.2) is 0 Å². The van der Waals surface area contributed by atoms with Gasteiger partial charge in [0.25, 0.3) is 0 Å². The summed E-state index contributed by atoms with van der Waals surface area (Å²) < 4.78 is 26.3. The predicted molar refractivity (Wildman–Crippen MR) is 73.2 cm³/mol. The van der Waals surface area contributed by atoms with Gasteiger partial charge in [0, 0.05) is 19.0 Å². The van der Waals surface area contributed by atoms with Crippen molar-refractivity contribution >= 4 is 15.9 Å². The van der Waals surface area contributed by atoms with Crippen LogP contribution in [0.2, 0.25) is 0 Å². The molecule has 2 aliphatic heterocycles. The third kappa shape index (κ3) is 5.08. The molecule has 0 saturated carbocycles. The van der Waals surface area contributed by atoms with Gasteiger partial charge in [-0.25, -0.2) is 13.1 Å². The minimum Gasteiger partial charge on any atom is -0.352 e. The van der Waals surface area contributed by atoms with E-state index in [0.717, 1.165) is 38.8 Å². The quantitative estimate of drug-likeness (QED) is 0.619. The average molecular weight is 289 g/mol. The molecule has 2 aliphatic rings. The molecule has 110 valence electrons. The van der Waals surface area contributed by atoms with Crippen molar-refractivity contribution in [3.8, 4) is 0 Å². The smallest absolute Gasteiger partial charge is 0.220 e. The maximum Gasteiger partial charge on any atom is 0.220 e. The van der Waals surface area contributed by atoms with Gasteiger partial charge in [0.15, 0.2) is 0 Å². The SMILES string of the molecule is O=C1CCC(CNS(=O)(=O)CCC2CCNCC2)N1. The number of sulfonamides is 1. The maximum absolute atomic E-state index is 11.9. The van der Waals surface area contributed by atoms with Gasteiger partial charge in [0.2, 0.25) is 15.9 Å². The number of rotatable bonds is 6. The van der Waals surface area contributed by atoms with Crippen molar-refractivity contribution in [3.05, 3.63) is 0 Å². The molecule has 0 aromatic heterocycles. The number of amides is 1. The lowest BCUT2D eigenvalue weighted by Crippen LogP contribution is -2.39. The molecule has 2 heterocycles. The molecule has 0 bridgehead atoms. The molecule has 1 unspecified atom stereocenters. The minimum absolute atomic E-state index is 0.0129. The van der Waals surface area contributed by atoms with Crippen LogP contribution in [-0.4, -0.2) is 45.8 Å². The summed E-state index contributed by atoms with van der Waals surface area (Å²) in [7, 11) is -3.21. The van der Waals surface area contributed by atoms with Gasteiger partial charge in [0.05, 0.1) is 5.75 Å². The molecule has 0 aromatic carbocycles. The third-order valence-electron chi connectivity index (χ3n) is 3.89. The lowest BCUT2D eigenvalue weighted by molar-refractivity contribution is -0.119. The lowest BCUT2D eigenvalue weighted by atomic mass is 9.96. The van der Waals surface area contributed by atoms with Gasteiger partial charge in [-0.1, -0.05) is 0 Å². The van der Waals surface area contributed by atoms with Crippen molar-refractivity contribution < 1.29 is 13.2 Å². The van der Waals surface area contributed by atoms with Gasteiger partial charge in [-0.2, -0.15) is 0 Å². The van der Waals surface area contributed by atoms with Gasteiger partial charge in [-0.15, -0.1) is 0 Å². The number of piperidine rings is 1. The molecule has 0 radical (unpaired) electrons. The number of nitrogens with one attached hydrogen (secondary N) is 3. The van der Waals surface area contributed by atoms with E-state index in [1.54, 1.807) is 0 Å². The van der Waals surface area contributed by atoms with Crippen molar-refractivity contribution in [1.29, 1.82) is 0 Å². The lowest BCUT2D eigenvalue weighted by Gasteiger charge is -2.22. The topological polar surface area (TPSA) is 87.3 Å². The summed E-state index contributed by atoms with van der Waals surface area (Å²) >= 11 is 0. The number of hydrogen-bond acceptors (Lipinski definition) is 4. The van der Waals surface area contributed by atoms with Crippen LogP contribution >= 0.6 is 0 Å². The maximum atomic E-state index is 11.9. The van der Waals surface area contributed by atoms with E-state index in [0.29, 0.717) is 18.9 Å². The van der Waals surface area contributed by atoms with Crippen molar-refractivity contribution in [2.45, 2.75) is 38.1 Å². The molecule has 2 rings (SSSR count). The van der Waals surface area contributed by atoms with Gasteiger partial charge in [-0.05, 0) is 44.7 Å². The summed E-state index contributed by atoms with van der Waals surface area (Å²) in [5.41, 5.74) is 0. The van der Waals surface area contributed by atoms with Crippen molar-refractivity contribution in [3.63, 3.8) is 0 Å². The highest BCUT2D eigenvalue weighted by Gasteiger charge is 2.23. The van der Waals surface area contributed by atoms with E-state index < -0.39 is 10.0 Å². The van der Waals surface area contributed by atoms with Crippen LogP contribution in [-0.2, 0) is 14.8 Å². The molecule has 0 spiro atoms. The first-order valence-electron chi connectivity index (χ1n) is 7.02. The highest BCUT2D eigenvalue weighted by atomic mass is 32.2. The standard InChI is InChI=1S/C12H23N3O3S/c16-12-2-1-11(15-12)9-14-19(17,18)8-5-10-3-6-13-7-4-10/h10-11,13-14H,1-9H2,(H,15,16). The second-order valence-corrected chi connectivity index (χ2v) is 7.38. The molecule has 7 heteroatoms. The van der Waals surface area contributed by atoms with Gasteiger partial charge in [-0.3, -0.25) is 4.79 Å². The largest absolute Gasteiger partial charge is 0.352 e. The van der Waals surface area contributed by atoms with E-state index in [1.165, 1.54) is 0 Å². The Balaban J connectivity index is 1.67. The molecular formula is C12H23N3O3S. The fraction of sp³-hybridized carbons (Fsp3) is 0.917. The molecule has 2 saturated heterocycles. The predicted octanol–water partition coefficient (Wildman–Crippen LogP) is -0.426. The molecular weight excluding hydrogens is 266 g/mol. The summed E-state index contributed by atoms with van der Waals surface area (Å²) in [5.74, 6) is 0.723. The van der Waals surface area contributed by atoms with Crippen LogP contribution in [0.3, 0.4) is 0 Å². The summed E-state index contributed by atoms with van der Waals surface area (Å²) in [6.07, 6.45) is 4.08. The summed E-state index contributed by atoms with van der Waals surface area (Å²) in [4.78, 5) is 11.0. The monoisotopic (exact) mass is 289 g/mol. The van der Waals surface area contributed by atoms with E-state index in [-0.39, 0.29) is 17.7 Å². The van der Waals surface area contributed by atoms with Crippen LogP contribution in [0.4, 0.5) is 0 Å². The Morgan fingerprint density at radius 2 is 1.95 bits per heavy atom. The summed E-state index contributed by atoms with van der Waals surface area (Å²) in [6, 6.07) is -0.0406. The van der Waals surface area contributed by atoms with E-state index in [2.05, 4.69) is 15.4 Å². The molecule has 6 nitrogen and oxygen atoms in total. The van der Waals surface area contributed by atoms with Crippen LogP contribution in [0.25, 0.3) is 0 Å². The summed E-state index contributed by atoms with van der Waals surface area (Å²) in [5, 5.41) is 6.03. The zero-order valence-corrected chi connectivity index (χ0v) is 12.0. The fourth-order valence-electron chi connectivity index (χ4n) is 2.62. The zero-order chi connectivity index (χ0) is 13.7. The number of carbonyl (C=O) groups excluding carboxylic acids is 1. The Hall–Kier alpha value is -0.660. The molecule has 1 amide bonds. The van der Waals surface area contributed by atoms with E-state index in [9.17, 15) is 13.2 Å². The van der Waals surface area contributed by atoms with Gasteiger partial charge < -0.3 is 10.6 Å². The number of hydrogen-bond donors (Lipinski definition) is 3. The molecule has 3 N–H and O–H groups in total. The normalized spacial score (nSPS) is 25.5. The van der Waals surface area contributed by atoms with Crippen LogP contribution < -0.4 is 15.4 Å². The van der Waals surface area contributed by atoms with Gasteiger partial charge in [0.1, 0.15) is 0 Å². The molecule has 0 aliphatic carbocycles. The van der Waals surface area contributed by atoms with Crippen molar-refractivity contribution in [1.82, 2.24) is 15.4 Å². The first-order valence-corrected chi connectivity index (χ1v) is 8.68. The Kier molecular flexibility index (Phi) is 5.18. The summed E-state index contributed by atoms with van der Waals surface area (Å²) in [6.45, 7) is 2.30. The highest BCUT2D eigenvalue weighted by Crippen LogP contribution is 2.16. The average Bonchev–Trinajstić information content (AvgIpc) is 2.82. The van der Waals surface area contributed by atoms with E-state index >= 15 is 0 Å². The Morgan fingerprint density at radius 3 is 2.58 bits per heavy atom. The van der Waals surface area contributed by atoms with Crippen molar-refractivity contribution in [2.24, 2.45) is 5.92 Å². The highest BCUT2D eigenvalue weighted by molar-refractivity contribution is 7.89. The second kappa shape index (κ2) is 6.67. The fourth-order valence-corrected chi connectivity index (χ4v) is 3.87. The Bertz CT molecular complexity index is 404. The third-order valence-corrected chi connectivity index (χ3v) is 5.27. The number of carbonyl (C=O) groups is 1. The Labute approximate surface area is 114 Å². The molecule has 0 aromatic rings. The van der Waals surface area contributed by atoms with E-state index in [4.69, 9.17) is 0 Å². The Morgan fingerprint density at radius 1 is 1.21 bits per heavy atom. The van der Waals surface area contributed by atoms with Crippen molar-refractivity contribution in [2.75, 3.05) is 25.4 Å². The minimum atomic E-state index is -3.21. The van der Waals surface area contributed by atoms with Gasteiger partial charge >= 0.3 is 0 Å². The van der Waals surface area contributed by atoms with E-state index in [1.807, 2.05) is 0 Å². The molecule has 1 atom stereocenters.